The number of aromatic nitrogens is 1. The van der Waals surface area contributed by atoms with Crippen molar-refractivity contribution < 1.29 is 9.18 Å². The van der Waals surface area contributed by atoms with Crippen molar-refractivity contribution in [3.8, 4) is 0 Å². The van der Waals surface area contributed by atoms with Gasteiger partial charge in [-0.2, -0.15) is 0 Å². The van der Waals surface area contributed by atoms with Crippen LogP contribution in [0.4, 0.5) is 10.1 Å². The Kier molecular flexibility index (Phi) is 4.88. The fourth-order valence-electron chi connectivity index (χ4n) is 2.18. The van der Waals surface area contributed by atoms with E-state index in [1.54, 1.807) is 24.4 Å². The number of pyridine rings is 1. The molecule has 0 aliphatic rings. The van der Waals surface area contributed by atoms with E-state index in [2.05, 4.69) is 10.3 Å². The number of carbonyl (C=O) groups is 1. The number of fused-ring (bicyclic) bond motifs is 1. The standard InChI is InChI=1S/C18H15FN2OS/c19-15-6-2-4-8-17(15)23-10-9-18(22)21-14-11-13-5-1-3-7-16(13)20-12-14/h1-8,11-12H,9-10H2,(H,21,22). The number of nitrogens with one attached hydrogen (secondary N) is 1. The predicted molar refractivity (Wildman–Crippen MR) is 92.1 cm³/mol. The van der Waals surface area contributed by atoms with Crippen LogP contribution in [-0.2, 0) is 4.79 Å². The van der Waals surface area contributed by atoms with Crippen LogP contribution in [0.5, 0.6) is 0 Å². The number of hydrogen-bond acceptors (Lipinski definition) is 3. The number of para-hydroxylation sites is 1. The molecule has 2 aromatic carbocycles. The summed E-state index contributed by atoms with van der Waals surface area (Å²) in [7, 11) is 0. The maximum atomic E-state index is 13.5. The summed E-state index contributed by atoms with van der Waals surface area (Å²) < 4.78 is 13.5. The molecule has 0 atom stereocenters. The Balaban J connectivity index is 1.55. The molecule has 0 fully saturated rings. The van der Waals surface area contributed by atoms with E-state index in [4.69, 9.17) is 0 Å². The van der Waals surface area contributed by atoms with Gasteiger partial charge in [-0.3, -0.25) is 9.78 Å². The smallest absolute Gasteiger partial charge is 0.225 e. The van der Waals surface area contributed by atoms with E-state index < -0.39 is 0 Å². The normalized spacial score (nSPS) is 10.7. The van der Waals surface area contributed by atoms with Crippen LogP contribution in [0.15, 0.2) is 65.7 Å². The highest BCUT2D eigenvalue weighted by atomic mass is 32.2. The van der Waals surface area contributed by atoms with Crippen LogP contribution in [0.25, 0.3) is 10.9 Å². The Morgan fingerprint density at radius 1 is 1.13 bits per heavy atom. The number of thioether (sulfide) groups is 1. The van der Waals surface area contributed by atoms with Gasteiger partial charge in [-0.1, -0.05) is 30.3 Å². The molecular weight excluding hydrogens is 311 g/mol. The van der Waals surface area contributed by atoms with Gasteiger partial charge in [0.05, 0.1) is 17.4 Å². The first kappa shape index (κ1) is 15.5. The number of anilines is 1. The second-order valence-corrected chi connectivity index (χ2v) is 6.13. The number of benzene rings is 2. The third kappa shape index (κ3) is 4.07. The summed E-state index contributed by atoms with van der Waals surface area (Å²) in [6, 6.07) is 16.2. The number of halogens is 1. The number of rotatable bonds is 5. The molecule has 1 N–H and O–H groups in total. The van der Waals surface area contributed by atoms with Crippen LogP contribution in [-0.4, -0.2) is 16.6 Å². The SMILES string of the molecule is O=C(CCSc1ccccc1F)Nc1cnc2ccccc2c1. The zero-order chi connectivity index (χ0) is 16.1. The van der Waals surface area contributed by atoms with Crippen molar-refractivity contribution in [3.63, 3.8) is 0 Å². The second-order valence-electron chi connectivity index (χ2n) is 4.99. The van der Waals surface area contributed by atoms with Gasteiger partial charge >= 0.3 is 0 Å². The zero-order valence-electron chi connectivity index (χ0n) is 12.3. The van der Waals surface area contributed by atoms with E-state index in [9.17, 15) is 9.18 Å². The van der Waals surface area contributed by atoms with Gasteiger partial charge in [-0.15, -0.1) is 11.8 Å². The maximum Gasteiger partial charge on any atom is 0.225 e. The molecule has 3 nitrogen and oxygen atoms in total. The topological polar surface area (TPSA) is 42.0 Å². The van der Waals surface area contributed by atoms with Crippen LogP contribution in [0.2, 0.25) is 0 Å². The zero-order valence-corrected chi connectivity index (χ0v) is 13.1. The summed E-state index contributed by atoms with van der Waals surface area (Å²) in [6.45, 7) is 0. The summed E-state index contributed by atoms with van der Waals surface area (Å²) in [4.78, 5) is 16.8. The van der Waals surface area contributed by atoms with E-state index in [-0.39, 0.29) is 11.7 Å². The van der Waals surface area contributed by atoms with Crippen molar-refractivity contribution in [1.82, 2.24) is 4.98 Å². The number of carbonyl (C=O) groups excluding carboxylic acids is 1. The largest absolute Gasteiger partial charge is 0.325 e. The predicted octanol–water partition coefficient (Wildman–Crippen LogP) is 4.49. The van der Waals surface area contributed by atoms with Crippen LogP contribution in [0.1, 0.15) is 6.42 Å². The highest BCUT2D eigenvalue weighted by Crippen LogP contribution is 2.22. The average Bonchev–Trinajstić information content (AvgIpc) is 2.56. The Hall–Kier alpha value is -2.40. The van der Waals surface area contributed by atoms with Gasteiger partial charge < -0.3 is 5.32 Å². The molecule has 1 heterocycles. The molecule has 0 aliphatic carbocycles. The lowest BCUT2D eigenvalue weighted by Gasteiger charge is -2.06. The summed E-state index contributed by atoms with van der Waals surface area (Å²) in [5, 5.41) is 3.80. The first-order valence-corrected chi connectivity index (χ1v) is 8.23. The van der Waals surface area contributed by atoms with Crippen molar-refractivity contribution in [1.29, 1.82) is 0 Å². The third-order valence-corrected chi connectivity index (χ3v) is 4.35. The molecule has 0 spiro atoms. The van der Waals surface area contributed by atoms with Gasteiger partial charge in [0.2, 0.25) is 5.91 Å². The van der Waals surface area contributed by atoms with E-state index in [1.165, 1.54) is 17.8 Å². The lowest BCUT2D eigenvalue weighted by Crippen LogP contribution is -2.12. The van der Waals surface area contributed by atoms with Crippen LogP contribution in [0, 0.1) is 5.82 Å². The fraction of sp³-hybridized carbons (Fsp3) is 0.111. The van der Waals surface area contributed by atoms with Gasteiger partial charge in [0.15, 0.2) is 0 Å². The van der Waals surface area contributed by atoms with Crippen molar-refractivity contribution >= 4 is 34.3 Å². The van der Waals surface area contributed by atoms with Crippen LogP contribution in [0.3, 0.4) is 0 Å². The minimum Gasteiger partial charge on any atom is -0.325 e. The summed E-state index contributed by atoms with van der Waals surface area (Å²) in [5.74, 6) is 0.163. The Morgan fingerprint density at radius 2 is 1.91 bits per heavy atom. The first-order chi connectivity index (χ1) is 11.2. The molecule has 0 bridgehead atoms. The number of amides is 1. The maximum absolute atomic E-state index is 13.5. The van der Waals surface area contributed by atoms with Gasteiger partial charge in [0, 0.05) is 22.5 Å². The molecule has 0 aliphatic heterocycles. The summed E-state index contributed by atoms with van der Waals surface area (Å²) in [5.41, 5.74) is 1.56. The van der Waals surface area contributed by atoms with Gasteiger partial charge in [0.25, 0.3) is 0 Å². The Morgan fingerprint density at radius 3 is 2.78 bits per heavy atom. The number of nitrogens with zero attached hydrogens (tertiary/aromatic N) is 1. The van der Waals surface area contributed by atoms with E-state index in [0.717, 1.165) is 10.9 Å². The second kappa shape index (κ2) is 7.24. The number of hydrogen-bond donors (Lipinski definition) is 1. The highest BCUT2D eigenvalue weighted by Gasteiger charge is 2.06. The van der Waals surface area contributed by atoms with Crippen molar-refractivity contribution in [2.24, 2.45) is 0 Å². The monoisotopic (exact) mass is 326 g/mol. The quantitative estimate of drug-likeness (QED) is 0.702. The fourth-order valence-corrected chi connectivity index (χ4v) is 3.07. The molecule has 5 heteroatoms. The molecule has 0 saturated carbocycles. The average molecular weight is 326 g/mol. The van der Waals surface area contributed by atoms with E-state index in [1.807, 2.05) is 30.3 Å². The third-order valence-electron chi connectivity index (χ3n) is 3.30. The molecule has 3 aromatic rings. The molecule has 0 saturated heterocycles. The Bertz CT molecular complexity index is 838. The molecular formula is C18H15FN2OS. The minimum atomic E-state index is -0.253. The summed E-state index contributed by atoms with van der Waals surface area (Å²) in [6.07, 6.45) is 1.95. The molecule has 0 unspecified atom stereocenters. The molecule has 1 amide bonds. The summed E-state index contributed by atoms with van der Waals surface area (Å²) >= 11 is 1.34. The molecule has 1 aromatic heterocycles. The molecule has 116 valence electrons. The van der Waals surface area contributed by atoms with E-state index >= 15 is 0 Å². The van der Waals surface area contributed by atoms with Crippen LogP contribution >= 0.6 is 11.8 Å². The molecule has 3 rings (SSSR count). The highest BCUT2D eigenvalue weighted by molar-refractivity contribution is 7.99. The minimum absolute atomic E-state index is 0.106. The van der Waals surface area contributed by atoms with Gasteiger partial charge in [0.1, 0.15) is 5.82 Å². The lowest BCUT2D eigenvalue weighted by atomic mass is 10.2. The van der Waals surface area contributed by atoms with Gasteiger partial charge in [-0.05, 0) is 24.3 Å². The Labute approximate surface area is 137 Å². The molecule has 23 heavy (non-hydrogen) atoms. The van der Waals surface area contributed by atoms with Gasteiger partial charge in [-0.25, -0.2) is 4.39 Å². The lowest BCUT2D eigenvalue weighted by molar-refractivity contribution is -0.115. The van der Waals surface area contributed by atoms with Crippen molar-refractivity contribution in [2.75, 3.05) is 11.1 Å². The van der Waals surface area contributed by atoms with Crippen molar-refractivity contribution in [3.05, 3.63) is 66.6 Å². The van der Waals surface area contributed by atoms with Crippen molar-refractivity contribution in [2.45, 2.75) is 11.3 Å². The van der Waals surface area contributed by atoms with Crippen LogP contribution < -0.4 is 5.32 Å². The first-order valence-electron chi connectivity index (χ1n) is 7.24. The van der Waals surface area contributed by atoms with E-state index in [0.29, 0.717) is 22.8 Å². The molecule has 0 radical (unpaired) electrons.